The van der Waals surface area contributed by atoms with Gasteiger partial charge in [0.2, 0.25) is 5.89 Å². The van der Waals surface area contributed by atoms with E-state index < -0.39 is 0 Å². The summed E-state index contributed by atoms with van der Waals surface area (Å²) in [6.45, 7) is 0. The van der Waals surface area contributed by atoms with Gasteiger partial charge in [-0.1, -0.05) is 22.6 Å². The third-order valence-corrected chi connectivity index (χ3v) is 1.97. The summed E-state index contributed by atoms with van der Waals surface area (Å²) < 4.78 is 11.0. The SMILES string of the molecule is ICc1nnc(-c2ccco2)o1. The standard InChI is InChI=1S/C7H5IN2O2/c8-4-6-9-10-7(12-6)5-2-1-3-11-5/h1-3H,4H2. The van der Waals surface area contributed by atoms with Crippen LogP contribution in [0.2, 0.25) is 0 Å². The van der Waals surface area contributed by atoms with E-state index in [2.05, 4.69) is 32.8 Å². The first kappa shape index (κ1) is 7.78. The summed E-state index contributed by atoms with van der Waals surface area (Å²) in [4.78, 5) is 0. The van der Waals surface area contributed by atoms with Crippen LogP contribution in [0.1, 0.15) is 5.89 Å². The Bertz CT molecular complexity index is 355. The monoisotopic (exact) mass is 276 g/mol. The Hall–Kier alpha value is -0.850. The second-order valence-corrected chi connectivity index (χ2v) is 2.87. The van der Waals surface area contributed by atoms with Gasteiger partial charge in [0.15, 0.2) is 5.76 Å². The van der Waals surface area contributed by atoms with Gasteiger partial charge in [-0.3, -0.25) is 0 Å². The first-order chi connectivity index (χ1) is 5.90. The van der Waals surface area contributed by atoms with Crippen molar-refractivity contribution in [3.8, 4) is 11.7 Å². The van der Waals surface area contributed by atoms with Crippen LogP contribution in [-0.4, -0.2) is 10.2 Å². The van der Waals surface area contributed by atoms with Crippen molar-refractivity contribution in [3.63, 3.8) is 0 Å². The van der Waals surface area contributed by atoms with Gasteiger partial charge in [-0.2, -0.15) is 0 Å². The predicted molar refractivity (Wildman–Crippen MR) is 49.7 cm³/mol. The fourth-order valence-electron chi connectivity index (χ4n) is 0.807. The van der Waals surface area contributed by atoms with Crippen molar-refractivity contribution in [1.29, 1.82) is 0 Å². The van der Waals surface area contributed by atoms with Gasteiger partial charge in [0.1, 0.15) is 0 Å². The minimum atomic E-state index is 0.437. The van der Waals surface area contributed by atoms with Crippen molar-refractivity contribution in [2.24, 2.45) is 0 Å². The molecule has 2 aromatic rings. The van der Waals surface area contributed by atoms with Crippen LogP contribution in [-0.2, 0) is 4.43 Å². The molecule has 0 aliphatic heterocycles. The van der Waals surface area contributed by atoms with Gasteiger partial charge in [-0.15, -0.1) is 10.2 Å². The Morgan fingerprint density at radius 1 is 1.42 bits per heavy atom. The molecule has 0 saturated carbocycles. The lowest BCUT2D eigenvalue weighted by molar-refractivity contribution is 0.496. The lowest BCUT2D eigenvalue weighted by atomic mass is 10.5. The van der Waals surface area contributed by atoms with Gasteiger partial charge in [0, 0.05) is 0 Å². The van der Waals surface area contributed by atoms with E-state index in [0.29, 0.717) is 22.0 Å². The van der Waals surface area contributed by atoms with Crippen LogP contribution in [0, 0.1) is 0 Å². The largest absolute Gasteiger partial charge is 0.459 e. The Morgan fingerprint density at radius 3 is 2.92 bits per heavy atom. The normalized spacial score (nSPS) is 10.4. The summed E-state index contributed by atoms with van der Waals surface area (Å²) in [6, 6.07) is 3.56. The van der Waals surface area contributed by atoms with Crippen LogP contribution in [0.4, 0.5) is 0 Å². The summed E-state index contributed by atoms with van der Waals surface area (Å²) in [5, 5.41) is 7.62. The van der Waals surface area contributed by atoms with Crippen molar-refractivity contribution in [3.05, 3.63) is 24.3 Å². The fourth-order valence-corrected chi connectivity index (χ4v) is 1.12. The van der Waals surface area contributed by atoms with E-state index in [1.165, 1.54) is 0 Å². The summed E-state index contributed by atoms with van der Waals surface area (Å²) in [5.74, 6) is 1.66. The van der Waals surface area contributed by atoms with E-state index in [-0.39, 0.29) is 0 Å². The molecule has 0 radical (unpaired) electrons. The molecule has 0 amide bonds. The highest BCUT2D eigenvalue weighted by molar-refractivity contribution is 14.1. The third-order valence-electron chi connectivity index (χ3n) is 1.31. The molecule has 12 heavy (non-hydrogen) atoms. The van der Waals surface area contributed by atoms with Crippen LogP contribution in [0.15, 0.2) is 27.2 Å². The Morgan fingerprint density at radius 2 is 2.33 bits per heavy atom. The second kappa shape index (κ2) is 3.26. The molecule has 2 heterocycles. The molecule has 0 aliphatic carbocycles. The number of furan rings is 1. The zero-order valence-electron chi connectivity index (χ0n) is 6.03. The zero-order chi connectivity index (χ0) is 8.39. The molecule has 5 heteroatoms. The van der Waals surface area contributed by atoms with Gasteiger partial charge >= 0.3 is 0 Å². The molecule has 0 bridgehead atoms. The molecule has 2 aromatic heterocycles. The number of hydrogen-bond acceptors (Lipinski definition) is 4. The highest BCUT2D eigenvalue weighted by Crippen LogP contribution is 2.18. The van der Waals surface area contributed by atoms with E-state index in [0.717, 1.165) is 0 Å². The number of rotatable bonds is 2. The number of aromatic nitrogens is 2. The molecule has 62 valence electrons. The molecule has 0 saturated heterocycles. The summed E-state index contributed by atoms with van der Waals surface area (Å²) in [7, 11) is 0. The van der Waals surface area contributed by atoms with Crippen molar-refractivity contribution in [2.75, 3.05) is 0 Å². The maximum absolute atomic E-state index is 5.25. The van der Waals surface area contributed by atoms with Crippen LogP contribution in [0.5, 0.6) is 0 Å². The second-order valence-electron chi connectivity index (χ2n) is 2.11. The molecule has 0 unspecified atom stereocenters. The molecule has 4 nitrogen and oxygen atoms in total. The number of nitrogens with zero attached hydrogens (tertiary/aromatic N) is 2. The van der Waals surface area contributed by atoms with Crippen LogP contribution < -0.4 is 0 Å². The van der Waals surface area contributed by atoms with Gasteiger partial charge in [-0.25, -0.2) is 0 Å². The zero-order valence-corrected chi connectivity index (χ0v) is 8.19. The van der Waals surface area contributed by atoms with Crippen LogP contribution in [0.3, 0.4) is 0 Å². The van der Waals surface area contributed by atoms with Gasteiger partial charge in [0.05, 0.1) is 10.7 Å². The molecule has 0 aliphatic rings. The van der Waals surface area contributed by atoms with Crippen LogP contribution in [0.25, 0.3) is 11.7 Å². The third kappa shape index (κ3) is 1.36. The molecular weight excluding hydrogens is 271 g/mol. The van der Waals surface area contributed by atoms with Gasteiger partial charge in [-0.05, 0) is 12.1 Å². The van der Waals surface area contributed by atoms with Crippen LogP contribution >= 0.6 is 22.6 Å². The van der Waals surface area contributed by atoms with Gasteiger partial charge in [0.25, 0.3) is 5.89 Å². The fraction of sp³-hybridized carbons (Fsp3) is 0.143. The molecule has 0 N–H and O–H groups in total. The number of hydrogen-bond donors (Lipinski definition) is 0. The van der Waals surface area contributed by atoms with E-state index in [4.69, 9.17) is 8.83 Å². The highest BCUT2D eigenvalue weighted by atomic mass is 127. The summed E-state index contributed by atoms with van der Waals surface area (Å²) in [6.07, 6.45) is 1.57. The summed E-state index contributed by atoms with van der Waals surface area (Å²) in [5.41, 5.74) is 0. The van der Waals surface area contributed by atoms with E-state index in [1.807, 2.05) is 0 Å². The first-order valence-electron chi connectivity index (χ1n) is 3.32. The Balaban J connectivity index is 2.35. The average Bonchev–Trinajstić information content (AvgIpc) is 2.75. The molecule has 0 fully saturated rings. The lowest BCUT2D eigenvalue weighted by Crippen LogP contribution is -1.73. The molecule has 0 spiro atoms. The van der Waals surface area contributed by atoms with E-state index in [1.54, 1.807) is 18.4 Å². The van der Waals surface area contributed by atoms with E-state index >= 15 is 0 Å². The quantitative estimate of drug-likeness (QED) is 0.623. The average molecular weight is 276 g/mol. The van der Waals surface area contributed by atoms with Crippen molar-refractivity contribution >= 4 is 22.6 Å². The predicted octanol–water partition coefficient (Wildman–Crippen LogP) is 2.26. The number of halogens is 1. The smallest absolute Gasteiger partial charge is 0.283 e. The van der Waals surface area contributed by atoms with Crippen molar-refractivity contribution in [1.82, 2.24) is 10.2 Å². The maximum atomic E-state index is 5.25. The first-order valence-corrected chi connectivity index (χ1v) is 4.85. The highest BCUT2D eigenvalue weighted by Gasteiger charge is 2.08. The topological polar surface area (TPSA) is 52.1 Å². The lowest BCUT2D eigenvalue weighted by Gasteiger charge is -1.83. The van der Waals surface area contributed by atoms with E-state index in [9.17, 15) is 0 Å². The minimum Gasteiger partial charge on any atom is -0.459 e. The number of alkyl halides is 1. The van der Waals surface area contributed by atoms with Crippen molar-refractivity contribution in [2.45, 2.75) is 4.43 Å². The molecular formula is C7H5IN2O2. The summed E-state index contributed by atoms with van der Waals surface area (Å²) >= 11 is 2.16. The van der Waals surface area contributed by atoms with Crippen molar-refractivity contribution < 1.29 is 8.83 Å². The maximum Gasteiger partial charge on any atom is 0.283 e. The Kier molecular flexibility index (Phi) is 2.11. The Labute approximate surface area is 82.1 Å². The molecule has 2 rings (SSSR count). The molecule has 0 aromatic carbocycles. The van der Waals surface area contributed by atoms with Gasteiger partial charge < -0.3 is 8.83 Å². The minimum absolute atomic E-state index is 0.437. The molecule has 0 atom stereocenters.